The first-order chi connectivity index (χ1) is 9.44. The molecule has 0 bridgehead atoms. The molecule has 0 aliphatic heterocycles. The molecule has 0 fully saturated rings. The minimum absolute atomic E-state index is 0.0588. The first kappa shape index (κ1) is 16.7. The van der Waals surface area contributed by atoms with E-state index in [9.17, 15) is 9.90 Å². The van der Waals surface area contributed by atoms with E-state index in [0.717, 1.165) is 11.3 Å². The van der Waals surface area contributed by atoms with Gasteiger partial charge in [0.15, 0.2) is 0 Å². The fourth-order valence-corrected chi connectivity index (χ4v) is 2.58. The molecule has 20 heavy (non-hydrogen) atoms. The number of carbonyl (C=O) groups excluding carboxylic acids is 1. The first-order valence-electron chi connectivity index (χ1n) is 6.33. The van der Waals surface area contributed by atoms with Crippen molar-refractivity contribution in [3.8, 4) is 0 Å². The van der Waals surface area contributed by atoms with Crippen LogP contribution >= 0.6 is 11.8 Å². The van der Waals surface area contributed by atoms with E-state index in [-0.39, 0.29) is 17.9 Å². The number of aliphatic hydroxyl groups is 1. The van der Waals surface area contributed by atoms with Crippen molar-refractivity contribution in [3.63, 3.8) is 0 Å². The lowest BCUT2D eigenvalue weighted by Crippen LogP contribution is -2.31. The molecule has 4 N–H and O–H groups in total. The molecule has 0 saturated heterocycles. The van der Waals surface area contributed by atoms with Gasteiger partial charge in [-0.05, 0) is 37.8 Å². The molecule has 1 aromatic rings. The Morgan fingerprint density at radius 3 is 2.70 bits per heavy atom. The zero-order valence-corrected chi connectivity index (χ0v) is 13.1. The highest BCUT2D eigenvalue weighted by molar-refractivity contribution is 7.99. The Bertz CT molecular complexity index is 476. The van der Waals surface area contributed by atoms with Gasteiger partial charge in [0.05, 0.1) is 19.3 Å². The number of hydrogen-bond acceptors (Lipinski definition) is 6. The zero-order valence-electron chi connectivity index (χ0n) is 12.3. The van der Waals surface area contributed by atoms with Gasteiger partial charge in [0.2, 0.25) is 0 Å². The number of anilines is 2. The number of nitrogen functional groups attached to an aromatic ring is 1. The van der Waals surface area contributed by atoms with Gasteiger partial charge in [-0.2, -0.15) is 11.8 Å². The summed E-state index contributed by atoms with van der Waals surface area (Å²) in [6.45, 7) is 3.92. The van der Waals surface area contributed by atoms with E-state index in [2.05, 4.69) is 5.32 Å². The largest absolute Gasteiger partial charge is 0.465 e. The lowest BCUT2D eigenvalue weighted by molar-refractivity contribution is 0.0602. The van der Waals surface area contributed by atoms with Crippen LogP contribution in [0.1, 0.15) is 22.8 Å². The Hall–Kier alpha value is -1.40. The molecule has 0 heterocycles. The van der Waals surface area contributed by atoms with Crippen LogP contribution in [-0.4, -0.2) is 42.3 Å². The number of hydrogen-bond donors (Lipinski definition) is 3. The normalized spacial score (nSPS) is 13.7. The second-order valence-corrected chi connectivity index (χ2v) is 5.71. The van der Waals surface area contributed by atoms with E-state index < -0.39 is 5.97 Å². The van der Waals surface area contributed by atoms with Crippen LogP contribution in [0.3, 0.4) is 0 Å². The topological polar surface area (TPSA) is 84.6 Å². The molecule has 1 rings (SSSR count). The van der Waals surface area contributed by atoms with Crippen LogP contribution in [0, 0.1) is 6.92 Å². The highest BCUT2D eigenvalue weighted by Gasteiger charge is 2.18. The minimum Gasteiger partial charge on any atom is -0.465 e. The van der Waals surface area contributed by atoms with Gasteiger partial charge in [-0.15, -0.1) is 0 Å². The van der Waals surface area contributed by atoms with Gasteiger partial charge in [-0.25, -0.2) is 4.79 Å². The van der Waals surface area contributed by atoms with Gasteiger partial charge in [0.1, 0.15) is 0 Å². The lowest BCUT2D eigenvalue weighted by atomic mass is 10.1. The molecule has 6 heteroatoms. The number of aliphatic hydroxyl groups excluding tert-OH is 1. The molecule has 2 unspecified atom stereocenters. The fourth-order valence-electron chi connectivity index (χ4n) is 1.95. The van der Waals surface area contributed by atoms with Crippen LogP contribution in [0.25, 0.3) is 0 Å². The maximum absolute atomic E-state index is 11.7. The SMILES string of the molecule is COC(=O)c1cc(NC(C)C(CO)SC)cc(C)c1N. The van der Waals surface area contributed by atoms with Crippen molar-refractivity contribution in [2.45, 2.75) is 25.1 Å². The summed E-state index contributed by atoms with van der Waals surface area (Å²) < 4.78 is 4.73. The molecule has 0 aliphatic carbocycles. The average Bonchev–Trinajstić information content (AvgIpc) is 2.43. The predicted molar refractivity (Wildman–Crippen MR) is 84.4 cm³/mol. The summed E-state index contributed by atoms with van der Waals surface area (Å²) in [6.07, 6.45) is 1.95. The Morgan fingerprint density at radius 1 is 1.55 bits per heavy atom. The molecule has 5 nitrogen and oxygen atoms in total. The maximum atomic E-state index is 11.7. The van der Waals surface area contributed by atoms with Gasteiger partial charge < -0.3 is 20.9 Å². The van der Waals surface area contributed by atoms with E-state index in [1.165, 1.54) is 7.11 Å². The van der Waals surface area contributed by atoms with Crippen molar-refractivity contribution >= 4 is 29.1 Å². The minimum atomic E-state index is -0.453. The highest BCUT2D eigenvalue weighted by atomic mass is 32.2. The van der Waals surface area contributed by atoms with E-state index in [0.29, 0.717) is 11.3 Å². The van der Waals surface area contributed by atoms with Crippen LogP contribution in [0.15, 0.2) is 12.1 Å². The summed E-state index contributed by atoms with van der Waals surface area (Å²) >= 11 is 1.59. The third-order valence-corrected chi connectivity index (χ3v) is 4.39. The summed E-state index contributed by atoms with van der Waals surface area (Å²) in [4.78, 5) is 11.7. The number of rotatable bonds is 6. The number of esters is 1. The second-order valence-electron chi connectivity index (χ2n) is 4.64. The molecule has 1 aromatic carbocycles. The average molecular weight is 298 g/mol. The third kappa shape index (κ3) is 3.80. The number of carbonyl (C=O) groups is 1. The summed E-state index contributed by atoms with van der Waals surface area (Å²) in [5.41, 5.74) is 8.28. The van der Waals surface area contributed by atoms with Crippen molar-refractivity contribution in [2.24, 2.45) is 0 Å². The van der Waals surface area contributed by atoms with Crippen molar-refractivity contribution in [2.75, 3.05) is 31.0 Å². The van der Waals surface area contributed by atoms with E-state index in [1.54, 1.807) is 17.8 Å². The monoisotopic (exact) mass is 298 g/mol. The van der Waals surface area contributed by atoms with E-state index >= 15 is 0 Å². The number of methoxy groups -OCH3 is 1. The third-order valence-electron chi connectivity index (χ3n) is 3.23. The second kappa shape index (κ2) is 7.40. The molecule has 0 aromatic heterocycles. The molecular weight excluding hydrogens is 276 g/mol. The summed E-state index contributed by atoms with van der Waals surface area (Å²) in [6, 6.07) is 3.62. The molecule has 0 spiro atoms. The molecule has 0 amide bonds. The summed E-state index contributed by atoms with van der Waals surface area (Å²) in [5, 5.41) is 12.7. The summed E-state index contributed by atoms with van der Waals surface area (Å²) in [7, 11) is 1.33. The van der Waals surface area contributed by atoms with Gasteiger partial charge >= 0.3 is 5.97 Å². The molecule has 0 aliphatic rings. The number of nitrogens with two attached hydrogens (primary N) is 1. The maximum Gasteiger partial charge on any atom is 0.340 e. The van der Waals surface area contributed by atoms with Crippen molar-refractivity contribution in [3.05, 3.63) is 23.3 Å². The first-order valence-corrected chi connectivity index (χ1v) is 7.62. The number of thioether (sulfide) groups is 1. The zero-order chi connectivity index (χ0) is 15.3. The van der Waals surface area contributed by atoms with Gasteiger partial charge in [-0.3, -0.25) is 0 Å². The number of nitrogens with one attached hydrogen (secondary N) is 1. The molecule has 0 saturated carbocycles. The fraction of sp³-hybridized carbons (Fsp3) is 0.500. The Kier molecular flexibility index (Phi) is 6.16. The van der Waals surface area contributed by atoms with Crippen molar-refractivity contribution in [1.82, 2.24) is 0 Å². The van der Waals surface area contributed by atoms with Crippen molar-refractivity contribution < 1.29 is 14.6 Å². The standard InChI is InChI=1S/C14H22N2O3S/c1-8-5-10(16-9(2)12(7-17)20-4)6-11(13(8)15)14(18)19-3/h5-6,9,12,16-17H,7,15H2,1-4H3. The van der Waals surface area contributed by atoms with Crippen LogP contribution in [-0.2, 0) is 4.74 Å². The summed E-state index contributed by atoms with van der Waals surface area (Å²) in [5.74, 6) is -0.453. The predicted octanol–water partition coefficient (Wildman–Crippen LogP) is 1.89. The Balaban J connectivity index is 3.02. The smallest absolute Gasteiger partial charge is 0.340 e. The van der Waals surface area contributed by atoms with Crippen LogP contribution in [0.4, 0.5) is 11.4 Å². The van der Waals surface area contributed by atoms with Gasteiger partial charge in [0, 0.05) is 22.7 Å². The lowest BCUT2D eigenvalue weighted by Gasteiger charge is -2.23. The van der Waals surface area contributed by atoms with Crippen molar-refractivity contribution in [1.29, 1.82) is 0 Å². The van der Waals surface area contributed by atoms with Gasteiger partial charge in [-0.1, -0.05) is 0 Å². The quantitative estimate of drug-likeness (QED) is 0.549. The number of ether oxygens (including phenoxy) is 1. The van der Waals surface area contributed by atoms with E-state index in [4.69, 9.17) is 10.5 Å². The van der Waals surface area contributed by atoms with Crippen LogP contribution in [0.2, 0.25) is 0 Å². The molecule has 2 atom stereocenters. The number of aryl methyl sites for hydroxylation is 1. The molecular formula is C14H22N2O3S. The molecule has 112 valence electrons. The van der Waals surface area contributed by atoms with Crippen LogP contribution in [0.5, 0.6) is 0 Å². The number of benzene rings is 1. The Morgan fingerprint density at radius 2 is 2.20 bits per heavy atom. The van der Waals surface area contributed by atoms with E-state index in [1.807, 2.05) is 26.2 Å². The molecule has 0 radical (unpaired) electrons. The highest BCUT2D eigenvalue weighted by Crippen LogP contribution is 2.25. The van der Waals surface area contributed by atoms with Crippen LogP contribution < -0.4 is 11.1 Å². The Labute approximate surface area is 123 Å². The van der Waals surface area contributed by atoms with Gasteiger partial charge in [0.25, 0.3) is 0 Å².